The maximum atomic E-state index is 10.4. The van der Waals surface area contributed by atoms with Crippen LogP contribution in [0.5, 0.6) is 0 Å². The minimum atomic E-state index is 0.382. The molecule has 0 amide bonds. The number of rotatable bonds is 4. The lowest BCUT2D eigenvalue weighted by molar-refractivity contribution is 0.111. The van der Waals surface area contributed by atoms with Gasteiger partial charge in [-0.2, -0.15) is 0 Å². The molecular weight excluding hydrogens is 168 g/mol. The molecule has 1 aromatic heterocycles. The van der Waals surface area contributed by atoms with Crippen LogP contribution >= 0.6 is 0 Å². The number of carbonyl (C=O) groups excluding carboxylic acids is 1. The fourth-order valence-electron chi connectivity index (χ4n) is 0.916. The molecule has 1 heterocycles. The van der Waals surface area contributed by atoms with E-state index < -0.39 is 0 Å². The Labute approximate surface area is 76.4 Å². The lowest BCUT2D eigenvalue weighted by Crippen LogP contribution is -2.15. The zero-order valence-electron chi connectivity index (χ0n) is 7.45. The monoisotopic (exact) mass is 180 g/mol. The molecule has 13 heavy (non-hydrogen) atoms. The van der Waals surface area contributed by atoms with E-state index in [1.165, 1.54) is 0 Å². The van der Waals surface area contributed by atoms with Crippen molar-refractivity contribution in [2.75, 3.05) is 18.4 Å². The molecule has 0 fully saturated rings. The molecule has 0 aromatic carbocycles. The molecule has 3 N–H and O–H groups in total. The molecule has 0 saturated heterocycles. The summed E-state index contributed by atoms with van der Waals surface area (Å²) in [6.07, 6.45) is 0.697. The summed E-state index contributed by atoms with van der Waals surface area (Å²) < 4.78 is 0. The van der Waals surface area contributed by atoms with E-state index in [0.29, 0.717) is 31.0 Å². The van der Waals surface area contributed by atoms with Crippen LogP contribution in [0.15, 0.2) is 6.07 Å². The summed E-state index contributed by atoms with van der Waals surface area (Å²) in [6.45, 7) is 2.91. The summed E-state index contributed by atoms with van der Waals surface area (Å²) >= 11 is 0. The molecule has 0 bridgehead atoms. The minimum absolute atomic E-state index is 0.382. The lowest BCUT2D eigenvalue weighted by Gasteiger charge is -2.03. The SMILES string of the molecule is Cc1cc(C=O)nc(NCCN)n1. The zero-order chi connectivity index (χ0) is 9.68. The van der Waals surface area contributed by atoms with Gasteiger partial charge in [0.1, 0.15) is 5.69 Å². The van der Waals surface area contributed by atoms with E-state index in [0.717, 1.165) is 5.69 Å². The summed E-state index contributed by atoms with van der Waals surface area (Å²) in [5, 5.41) is 2.90. The highest BCUT2D eigenvalue weighted by Gasteiger charge is 1.99. The van der Waals surface area contributed by atoms with Crippen LogP contribution in [0.4, 0.5) is 5.95 Å². The first-order valence-electron chi connectivity index (χ1n) is 4.01. The third-order valence-electron chi connectivity index (χ3n) is 1.42. The maximum Gasteiger partial charge on any atom is 0.223 e. The van der Waals surface area contributed by atoms with E-state index in [4.69, 9.17) is 5.73 Å². The van der Waals surface area contributed by atoms with Gasteiger partial charge in [0.2, 0.25) is 5.95 Å². The van der Waals surface area contributed by atoms with Crippen molar-refractivity contribution in [3.63, 3.8) is 0 Å². The molecule has 0 aliphatic carbocycles. The van der Waals surface area contributed by atoms with Gasteiger partial charge in [-0.25, -0.2) is 9.97 Å². The minimum Gasteiger partial charge on any atom is -0.353 e. The summed E-state index contributed by atoms with van der Waals surface area (Å²) in [5.41, 5.74) is 6.44. The van der Waals surface area contributed by atoms with E-state index in [1.807, 2.05) is 6.92 Å². The molecule has 0 saturated carbocycles. The van der Waals surface area contributed by atoms with Crippen LogP contribution < -0.4 is 11.1 Å². The van der Waals surface area contributed by atoms with Gasteiger partial charge in [0, 0.05) is 18.8 Å². The van der Waals surface area contributed by atoms with Crippen LogP contribution in [0.25, 0.3) is 0 Å². The number of nitrogens with one attached hydrogen (secondary N) is 1. The average molecular weight is 180 g/mol. The zero-order valence-corrected chi connectivity index (χ0v) is 7.45. The molecule has 5 heteroatoms. The number of nitrogens with zero attached hydrogens (tertiary/aromatic N) is 2. The number of nitrogens with two attached hydrogens (primary N) is 1. The number of anilines is 1. The van der Waals surface area contributed by atoms with Crippen molar-refractivity contribution in [2.24, 2.45) is 5.73 Å². The first-order valence-corrected chi connectivity index (χ1v) is 4.01. The summed E-state index contributed by atoms with van der Waals surface area (Å²) in [7, 11) is 0. The third kappa shape index (κ3) is 2.79. The molecule has 0 aliphatic rings. The van der Waals surface area contributed by atoms with Crippen molar-refractivity contribution in [1.29, 1.82) is 0 Å². The van der Waals surface area contributed by atoms with Crippen LogP contribution in [0.3, 0.4) is 0 Å². The van der Waals surface area contributed by atoms with Gasteiger partial charge >= 0.3 is 0 Å². The number of carbonyl (C=O) groups is 1. The Hall–Kier alpha value is -1.49. The van der Waals surface area contributed by atoms with Gasteiger partial charge in [-0.05, 0) is 13.0 Å². The van der Waals surface area contributed by atoms with Crippen LogP contribution in [0, 0.1) is 6.92 Å². The predicted molar refractivity (Wildman–Crippen MR) is 49.7 cm³/mol. The van der Waals surface area contributed by atoms with Gasteiger partial charge in [-0.15, -0.1) is 0 Å². The topological polar surface area (TPSA) is 80.9 Å². The van der Waals surface area contributed by atoms with Crippen LogP contribution in [-0.4, -0.2) is 29.3 Å². The fourth-order valence-corrected chi connectivity index (χ4v) is 0.916. The molecule has 0 atom stereocenters. The second-order valence-corrected chi connectivity index (χ2v) is 2.59. The highest BCUT2D eigenvalue weighted by Crippen LogP contribution is 2.01. The van der Waals surface area contributed by atoms with Crippen LogP contribution in [-0.2, 0) is 0 Å². The Balaban J connectivity index is 2.81. The van der Waals surface area contributed by atoms with Gasteiger partial charge in [0.05, 0.1) is 0 Å². The standard InChI is InChI=1S/C8H12N4O/c1-6-4-7(5-13)12-8(11-6)10-3-2-9/h4-5H,2-3,9H2,1H3,(H,10,11,12). The Morgan fingerprint density at radius 2 is 2.38 bits per heavy atom. The molecule has 0 radical (unpaired) electrons. The van der Waals surface area contributed by atoms with E-state index in [9.17, 15) is 4.79 Å². The number of hydrogen-bond donors (Lipinski definition) is 2. The lowest BCUT2D eigenvalue weighted by atomic mass is 10.3. The summed E-state index contributed by atoms with van der Waals surface area (Å²) in [4.78, 5) is 18.5. The van der Waals surface area contributed by atoms with E-state index in [2.05, 4.69) is 15.3 Å². The van der Waals surface area contributed by atoms with Gasteiger partial charge in [0.25, 0.3) is 0 Å². The summed E-state index contributed by atoms with van der Waals surface area (Å²) in [6, 6.07) is 1.63. The predicted octanol–water partition coefficient (Wildman–Crippen LogP) is -0.0319. The quantitative estimate of drug-likeness (QED) is 0.636. The van der Waals surface area contributed by atoms with Crippen LogP contribution in [0.1, 0.15) is 16.2 Å². The third-order valence-corrected chi connectivity index (χ3v) is 1.42. The summed E-state index contributed by atoms with van der Waals surface area (Å²) in [5.74, 6) is 0.451. The van der Waals surface area contributed by atoms with Gasteiger partial charge < -0.3 is 11.1 Å². The van der Waals surface area contributed by atoms with Gasteiger partial charge in [-0.3, -0.25) is 4.79 Å². The largest absolute Gasteiger partial charge is 0.353 e. The van der Waals surface area contributed by atoms with E-state index in [-0.39, 0.29) is 0 Å². The second kappa shape index (κ2) is 4.51. The first kappa shape index (κ1) is 9.60. The Bertz CT molecular complexity index is 300. The van der Waals surface area contributed by atoms with Crippen molar-refractivity contribution in [2.45, 2.75) is 6.92 Å². The molecule has 1 rings (SSSR count). The first-order chi connectivity index (χ1) is 6.26. The van der Waals surface area contributed by atoms with Crippen molar-refractivity contribution < 1.29 is 4.79 Å². The van der Waals surface area contributed by atoms with E-state index >= 15 is 0 Å². The molecule has 0 spiro atoms. The Morgan fingerprint density at radius 1 is 1.62 bits per heavy atom. The molecular formula is C8H12N4O. The molecule has 5 nitrogen and oxygen atoms in total. The Morgan fingerprint density at radius 3 is 3.00 bits per heavy atom. The number of aldehydes is 1. The van der Waals surface area contributed by atoms with E-state index in [1.54, 1.807) is 6.07 Å². The van der Waals surface area contributed by atoms with Crippen molar-refractivity contribution >= 4 is 12.2 Å². The van der Waals surface area contributed by atoms with Crippen LogP contribution in [0.2, 0.25) is 0 Å². The number of aromatic nitrogens is 2. The molecule has 70 valence electrons. The second-order valence-electron chi connectivity index (χ2n) is 2.59. The molecule has 1 aromatic rings. The average Bonchev–Trinajstić information content (AvgIpc) is 2.14. The van der Waals surface area contributed by atoms with Crippen molar-refractivity contribution in [3.05, 3.63) is 17.5 Å². The fraction of sp³-hybridized carbons (Fsp3) is 0.375. The van der Waals surface area contributed by atoms with Gasteiger partial charge in [-0.1, -0.05) is 0 Å². The highest BCUT2D eigenvalue weighted by atomic mass is 16.1. The molecule has 0 unspecified atom stereocenters. The Kier molecular flexibility index (Phi) is 3.33. The maximum absolute atomic E-state index is 10.4. The smallest absolute Gasteiger partial charge is 0.223 e. The van der Waals surface area contributed by atoms with Crippen molar-refractivity contribution in [3.8, 4) is 0 Å². The highest BCUT2D eigenvalue weighted by molar-refractivity contribution is 5.72. The normalized spacial score (nSPS) is 9.69. The van der Waals surface area contributed by atoms with Gasteiger partial charge in [0.15, 0.2) is 6.29 Å². The number of aryl methyl sites for hydroxylation is 1. The molecule has 0 aliphatic heterocycles. The number of hydrogen-bond acceptors (Lipinski definition) is 5. The van der Waals surface area contributed by atoms with Crippen molar-refractivity contribution in [1.82, 2.24) is 9.97 Å².